The van der Waals surface area contributed by atoms with Crippen molar-refractivity contribution in [1.82, 2.24) is 0 Å². The van der Waals surface area contributed by atoms with Crippen molar-refractivity contribution in [1.29, 1.82) is 0 Å². The molecule has 0 aliphatic heterocycles. The Balaban J connectivity index is 1.17. The maximum atomic E-state index is 2.69. The van der Waals surface area contributed by atoms with Gasteiger partial charge in [0.15, 0.2) is 0 Å². The van der Waals surface area contributed by atoms with Crippen molar-refractivity contribution in [2.24, 2.45) is 0 Å². The highest BCUT2D eigenvalue weighted by Crippen LogP contribution is 2.64. The Morgan fingerprint density at radius 1 is 0.245 bits per heavy atom. The summed E-state index contributed by atoms with van der Waals surface area (Å²) in [5.41, 5.74) is 30.2. The Morgan fingerprint density at radius 3 is 0.926 bits per heavy atom. The Hall–Kier alpha value is -9.50. The lowest BCUT2D eigenvalue weighted by Gasteiger charge is -2.44. The Morgan fingerprint density at radius 2 is 0.564 bits per heavy atom. The fourth-order valence-corrected chi connectivity index (χ4v) is 15.8. The smallest absolute Gasteiger partial charge is 0.0714 e. The van der Waals surface area contributed by atoms with Gasteiger partial charge in [-0.05, 0) is 221 Å². The molecule has 2 aliphatic rings. The summed E-state index contributed by atoms with van der Waals surface area (Å²) in [4.78, 5) is 5.04. The first-order chi connectivity index (χ1) is 44.8. The zero-order valence-corrected chi connectivity index (χ0v) is 58.1. The van der Waals surface area contributed by atoms with Gasteiger partial charge in [-0.15, -0.1) is 0 Å². The molecule has 0 unspecified atom stereocenters. The molecule has 468 valence electrons. The Kier molecular flexibility index (Phi) is 14.9. The van der Waals surface area contributed by atoms with Gasteiger partial charge in [0.05, 0.1) is 16.5 Å². The SMILES string of the molecule is Cc1ccccc1N(c1ccc2c(c1)C(c1ccc(C(C)(C)C)cc1)(c1ccc(C(C)(C)C)cc1)c1cc3c(cc1-2)C(c1ccc(C(C)(C)C)cc1)(c1ccc(C(C)(C)C)cc1)c1cccc2c(N(c4ccccc4C)c4ccccc4C)ccc-3c12)c1ccccc1C. The highest BCUT2D eigenvalue weighted by Gasteiger charge is 2.51. The minimum atomic E-state index is -0.807. The van der Waals surface area contributed by atoms with E-state index in [2.05, 4.69) is 375 Å². The van der Waals surface area contributed by atoms with Crippen LogP contribution in [0.1, 0.15) is 172 Å². The minimum Gasteiger partial charge on any atom is -0.310 e. The molecule has 0 saturated heterocycles. The average molecular weight is 1220 g/mol. The number of benzene rings is 12. The normalized spacial score (nSPS) is 13.9. The monoisotopic (exact) mass is 1220 g/mol. The van der Waals surface area contributed by atoms with Gasteiger partial charge < -0.3 is 9.80 Å². The summed E-state index contributed by atoms with van der Waals surface area (Å²) >= 11 is 0. The molecule has 14 rings (SSSR count). The molecule has 12 aromatic rings. The first-order valence-corrected chi connectivity index (χ1v) is 34.0. The van der Waals surface area contributed by atoms with Crippen LogP contribution in [0.5, 0.6) is 0 Å². The van der Waals surface area contributed by atoms with Gasteiger partial charge in [-0.25, -0.2) is 0 Å². The van der Waals surface area contributed by atoms with Gasteiger partial charge in [-0.2, -0.15) is 0 Å². The van der Waals surface area contributed by atoms with Crippen LogP contribution in [-0.2, 0) is 32.5 Å². The van der Waals surface area contributed by atoms with Gasteiger partial charge in [-0.1, -0.05) is 283 Å². The largest absolute Gasteiger partial charge is 0.310 e. The summed E-state index contributed by atoms with van der Waals surface area (Å²) in [6.45, 7) is 37.0. The molecule has 0 spiro atoms. The zero-order valence-electron chi connectivity index (χ0n) is 58.1. The van der Waals surface area contributed by atoms with E-state index in [0.717, 1.165) is 34.1 Å². The molecule has 0 fully saturated rings. The van der Waals surface area contributed by atoms with E-state index in [1.165, 1.54) is 122 Å². The first-order valence-electron chi connectivity index (χ1n) is 34.0. The van der Waals surface area contributed by atoms with Crippen LogP contribution in [0.2, 0.25) is 0 Å². The number of anilines is 6. The fraction of sp³-hybridized carbons (Fsp3) is 0.239. The van der Waals surface area contributed by atoms with Gasteiger partial charge in [0.1, 0.15) is 0 Å². The summed E-state index contributed by atoms with van der Waals surface area (Å²) in [5, 5.41) is 2.47. The van der Waals surface area contributed by atoms with E-state index in [1.54, 1.807) is 0 Å². The molecule has 2 aliphatic carbocycles. The molecular weight excluding hydrogens is 1130 g/mol. The van der Waals surface area contributed by atoms with Crippen molar-refractivity contribution in [3.63, 3.8) is 0 Å². The molecule has 0 saturated carbocycles. The lowest BCUT2D eigenvalue weighted by Crippen LogP contribution is -2.35. The maximum absolute atomic E-state index is 2.69. The minimum absolute atomic E-state index is 0.0577. The second-order valence-corrected chi connectivity index (χ2v) is 31.2. The molecule has 0 atom stereocenters. The van der Waals surface area contributed by atoms with Crippen LogP contribution < -0.4 is 9.80 Å². The molecule has 0 aromatic heterocycles. The number of nitrogens with zero attached hydrogens (tertiary/aromatic N) is 2. The van der Waals surface area contributed by atoms with Crippen molar-refractivity contribution >= 4 is 44.9 Å². The molecular formula is C92H90N2. The van der Waals surface area contributed by atoms with Gasteiger partial charge >= 0.3 is 0 Å². The van der Waals surface area contributed by atoms with E-state index in [0.29, 0.717) is 0 Å². The van der Waals surface area contributed by atoms with Crippen LogP contribution in [0, 0.1) is 27.7 Å². The third-order valence-electron chi connectivity index (χ3n) is 21.0. The van der Waals surface area contributed by atoms with E-state index in [4.69, 9.17) is 0 Å². The predicted molar refractivity (Wildman–Crippen MR) is 402 cm³/mol. The first kappa shape index (κ1) is 62.0. The van der Waals surface area contributed by atoms with E-state index < -0.39 is 10.8 Å². The number of para-hydroxylation sites is 4. The third kappa shape index (κ3) is 9.97. The van der Waals surface area contributed by atoms with Crippen molar-refractivity contribution in [2.45, 2.75) is 143 Å². The summed E-state index contributed by atoms with van der Waals surface area (Å²) in [6, 6.07) is 99.5. The molecule has 0 amide bonds. The highest BCUT2D eigenvalue weighted by atomic mass is 15.2. The van der Waals surface area contributed by atoms with E-state index in [-0.39, 0.29) is 21.7 Å². The predicted octanol–water partition coefficient (Wildman–Crippen LogP) is 24.9. The van der Waals surface area contributed by atoms with E-state index in [1.807, 2.05) is 0 Å². The Bertz CT molecular complexity index is 4690. The van der Waals surface area contributed by atoms with Crippen LogP contribution in [0.15, 0.2) is 255 Å². The van der Waals surface area contributed by atoms with Crippen LogP contribution in [0.4, 0.5) is 34.1 Å². The quantitative estimate of drug-likeness (QED) is 0.135. The van der Waals surface area contributed by atoms with Crippen molar-refractivity contribution in [3.05, 3.63) is 344 Å². The molecule has 0 N–H and O–H groups in total. The van der Waals surface area contributed by atoms with E-state index in [9.17, 15) is 0 Å². The number of fused-ring (bicyclic) bond motifs is 5. The van der Waals surface area contributed by atoms with Crippen LogP contribution in [-0.4, -0.2) is 0 Å². The lowest BCUT2D eigenvalue weighted by atomic mass is 9.58. The molecule has 0 bridgehead atoms. The van der Waals surface area contributed by atoms with Gasteiger partial charge in [0, 0.05) is 33.8 Å². The van der Waals surface area contributed by atoms with Crippen molar-refractivity contribution in [2.75, 3.05) is 9.80 Å². The molecule has 0 radical (unpaired) electrons. The number of hydrogen-bond donors (Lipinski definition) is 0. The summed E-state index contributed by atoms with van der Waals surface area (Å²) < 4.78 is 0. The van der Waals surface area contributed by atoms with Crippen molar-refractivity contribution in [3.8, 4) is 22.3 Å². The molecule has 2 heteroatoms. The summed E-state index contributed by atoms with van der Waals surface area (Å²) in [5.74, 6) is 0. The number of rotatable bonds is 10. The van der Waals surface area contributed by atoms with Crippen molar-refractivity contribution < 1.29 is 0 Å². The summed E-state index contributed by atoms with van der Waals surface area (Å²) in [6.07, 6.45) is 0. The van der Waals surface area contributed by atoms with Crippen LogP contribution >= 0.6 is 0 Å². The zero-order chi connectivity index (χ0) is 66.0. The van der Waals surface area contributed by atoms with Gasteiger partial charge in [0.2, 0.25) is 0 Å². The molecule has 12 aromatic carbocycles. The second-order valence-electron chi connectivity index (χ2n) is 31.2. The standard InChI is InChI=1S/C92H90N2/c1-59-26-17-21-32-81(59)93(82-33-22-18-27-60(82)2)71-52-53-72-75-57-80-76(58-79(75)92(78(72)56-71,69-48-40-65(41-49-69)89(11,12)13)70-50-42-66(43-51-70)90(14,15)16)73-54-55-85(94(83-34-23-19-28-61(83)3)84-35-24-20-29-62(84)4)74-30-25-31-77(86(73)74)91(80,67-44-36-63(37-45-67)87(5,6)7)68-46-38-64(39-47-68)88(8,9)10/h17-58H,1-16H3. The highest BCUT2D eigenvalue weighted by molar-refractivity contribution is 6.12. The topological polar surface area (TPSA) is 6.48 Å². The van der Waals surface area contributed by atoms with Crippen LogP contribution in [0.25, 0.3) is 33.0 Å². The molecule has 2 nitrogen and oxygen atoms in total. The van der Waals surface area contributed by atoms with Gasteiger partial charge in [0.25, 0.3) is 0 Å². The second kappa shape index (κ2) is 22.6. The fourth-order valence-electron chi connectivity index (χ4n) is 15.8. The summed E-state index contributed by atoms with van der Waals surface area (Å²) in [7, 11) is 0. The average Bonchev–Trinajstić information content (AvgIpc) is 1.36. The molecule has 94 heavy (non-hydrogen) atoms. The maximum Gasteiger partial charge on any atom is 0.0714 e. The van der Waals surface area contributed by atoms with E-state index >= 15 is 0 Å². The number of hydrogen-bond acceptors (Lipinski definition) is 2. The van der Waals surface area contributed by atoms with Crippen LogP contribution in [0.3, 0.4) is 0 Å². The molecule has 0 heterocycles. The van der Waals surface area contributed by atoms with Gasteiger partial charge in [-0.3, -0.25) is 0 Å². The third-order valence-corrected chi connectivity index (χ3v) is 21.0. The number of aryl methyl sites for hydroxylation is 4. The lowest BCUT2D eigenvalue weighted by molar-refractivity contribution is 0.588. The Labute approximate surface area is 560 Å².